The molecule has 0 atom stereocenters. The van der Waals surface area contributed by atoms with E-state index in [9.17, 15) is 13.2 Å². The van der Waals surface area contributed by atoms with Crippen LogP contribution in [0.2, 0.25) is 0 Å². The molecule has 0 aliphatic carbocycles. The molecule has 0 aromatic carbocycles. The molecule has 0 aliphatic heterocycles. The highest BCUT2D eigenvalue weighted by Gasteiger charge is 2.38. The molecule has 0 amide bonds. The summed E-state index contributed by atoms with van der Waals surface area (Å²) in [7, 11) is 0. The second kappa shape index (κ2) is 6.75. The van der Waals surface area contributed by atoms with Crippen LogP contribution in [-0.2, 0) is 11.3 Å². The number of alkyl halides is 3. The zero-order valence-corrected chi connectivity index (χ0v) is 8.03. The highest BCUT2D eigenvalue weighted by atomic mass is 19.4. The molecular weight excluding hydrogens is 227 g/mol. The van der Waals surface area contributed by atoms with Gasteiger partial charge in [0, 0.05) is 18.9 Å². The van der Waals surface area contributed by atoms with Gasteiger partial charge in [0.05, 0.1) is 0 Å². The van der Waals surface area contributed by atoms with E-state index in [0.29, 0.717) is 6.54 Å². The third kappa shape index (κ3) is 6.74. The number of pyridine rings is 1. The van der Waals surface area contributed by atoms with Gasteiger partial charge in [0.25, 0.3) is 0 Å². The molecule has 0 bridgehead atoms. The van der Waals surface area contributed by atoms with Crippen molar-refractivity contribution in [3.05, 3.63) is 30.1 Å². The summed E-state index contributed by atoms with van der Waals surface area (Å²) in [5.74, 6) is 2.33. The second-order valence-corrected chi connectivity index (χ2v) is 2.55. The van der Waals surface area contributed by atoms with E-state index in [1.807, 2.05) is 12.1 Å². The summed E-state index contributed by atoms with van der Waals surface area (Å²) in [6, 6.07) is 3.85. The highest BCUT2D eigenvalue weighted by Crippen LogP contribution is 2.13. The van der Waals surface area contributed by atoms with Crippen molar-refractivity contribution in [3.63, 3.8) is 0 Å². The number of hydrogen-bond acceptors (Lipinski definition) is 4. The van der Waals surface area contributed by atoms with Gasteiger partial charge in [-0.3, -0.25) is 16.3 Å². The Balaban J connectivity index is 0.000000293. The molecule has 0 saturated carbocycles. The van der Waals surface area contributed by atoms with Crippen LogP contribution in [0.3, 0.4) is 0 Å². The van der Waals surface area contributed by atoms with Crippen LogP contribution in [0.1, 0.15) is 5.56 Å². The van der Waals surface area contributed by atoms with E-state index >= 15 is 0 Å². The number of nitrogens with zero attached hydrogens (tertiary/aromatic N) is 1. The van der Waals surface area contributed by atoms with Gasteiger partial charge in [0.2, 0.25) is 0 Å². The quantitative estimate of drug-likeness (QED) is 0.520. The lowest BCUT2D eigenvalue weighted by molar-refractivity contribution is -0.192. The van der Waals surface area contributed by atoms with Gasteiger partial charge in [-0.2, -0.15) is 13.2 Å². The summed E-state index contributed by atoms with van der Waals surface area (Å²) in [6.07, 6.45) is -1.57. The van der Waals surface area contributed by atoms with Gasteiger partial charge in [-0.25, -0.2) is 4.79 Å². The van der Waals surface area contributed by atoms with Crippen LogP contribution in [0, 0.1) is 0 Å². The van der Waals surface area contributed by atoms with Crippen LogP contribution in [0.4, 0.5) is 13.2 Å². The summed E-state index contributed by atoms with van der Waals surface area (Å²) >= 11 is 0. The molecule has 0 spiro atoms. The first-order chi connectivity index (χ1) is 7.38. The van der Waals surface area contributed by atoms with E-state index in [1.165, 1.54) is 0 Å². The normalized spacial score (nSPS) is 10.2. The van der Waals surface area contributed by atoms with Crippen LogP contribution in [-0.4, -0.2) is 22.2 Å². The fraction of sp³-hybridized carbons (Fsp3) is 0.250. The Kier molecular flexibility index (Phi) is 6.04. The standard InChI is InChI=1S/C6H9N3.C2HF3O2/c7-9-5-6-2-1-3-8-4-6;3-2(4,5)1(6)7/h1-4,9H,5,7H2;(H,6,7). The Hall–Kier alpha value is -1.67. The van der Waals surface area contributed by atoms with Gasteiger partial charge in [-0.15, -0.1) is 0 Å². The van der Waals surface area contributed by atoms with E-state index < -0.39 is 12.1 Å². The fourth-order valence-electron chi connectivity index (χ4n) is 0.621. The predicted octanol–water partition coefficient (Wildman–Crippen LogP) is 0.678. The Bertz CT molecular complexity index is 316. The lowest BCUT2D eigenvalue weighted by Gasteiger charge is -1.95. The molecule has 1 heterocycles. The lowest BCUT2D eigenvalue weighted by atomic mass is 10.3. The van der Waals surface area contributed by atoms with Gasteiger partial charge in [-0.1, -0.05) is 6.07 Å². The topological polar surface area (TPSA) is 88.2 Å². The van der Waals surface area contributed by atoms with Crippen LogP contribution in [0.25, 0.3) is 0 Å². The Morgan fingerprint density at radius 1 is 1.56 bits per heavy atom. The van der Waals surface area contributed by atoms with E-state index in [1.54, 1.807) is 12.4 Å². The zero-order chi connectivity index (χ0) is 12.6. The van der Waals surface area contributed by atoms with Crippen molar-refractivity contribution in [3.8, 4) is 0 Å². The number of hydrogen-bond donors (Lipinski definition) is 3. The molecule has 0 radical (unpaired) electrons. The van der Waals surface area contributed by atoms with Gasteiger partial charge in [-0.05, 0) is 11.6 Å². The molecular formula is C8H10F3N3O2. The minimum Gasteiger partial charge on any atom is -0.475 e. The molecule has 1 aromatic heterocycles. The summed E-state index contributed by atoms with van der Waals surface area (Å²) in [4.78, 5) is 12.8. The van der Waals surface area contributed by atoms with Gasteiger partial charge in [0.1, 0.15) is 0 Å². The molecule has 1 aromatic rings. The molecule has 0 aliphatic rings. The maximum absolute atomic E-state index is 10.6. The Labute approximate surface area is 89.1 Å². The fourth-order valence-corrected chi connectivity index (χ4v) is 0.621. The van der Waals surface area contributed by atoms with E-state index in [4.69, 9.17) is 15.7 Å². The van der Waals surface area contributed by atoms with Gasteiger partial charge < -0.3 is 5.11 Å². The Morgan fingerprint density at radius 2 is 2.12 bits per heavy atom. The third-order valence-electron chi connectivity index (χ3n) is 1.27. The Morgan fingerprint density at radius 3 is 2.44 bits per heavy atom. The molecule has 0 saturated heterocycles. The average molecular weight is 237 g/mol. The van der Waals surface area contributed by atoms with Crippen LogP contribution < -0.4 is 11.3 Å². The number of nitrogens with two attached hydrogens (primary N) is 1. The number of aliphatic carboxylic acids is 1. The minimum absolute atomic E-state index is 0.674. The summed E-state index contributed by atoms with van der Waals surface area (Å²) < 4.78 is 31.7. The highest BCUT2D eigenvalue weighted by molar-refractivity contribution is 5.73. The van der Waals surface area contributed by atoms with Crippen molar-refractivity contribution < 1.29 is 23.1 Å². The van der Waals surface area contributed by atoms with Crippen molar-refractivity contribution in [2.45, 2.75) is 12.7 Å². The number of rotatable bonds is 2. The first-order valence-electron chi connectivity index (χ1n) is 4.00. The molecule has 8 heteroatoms. The smallest absolute Gasteiger partial charge is 0.475 e. The predicted molar refractivity (Wildman–Crippen MR) is 49.0 cm³/mol. The summed E-state index contributed by atoms with van der Waals surface area (Å²) in [5.41, 5.74) is 3.64. The van der Waals surface area contributed by atoms with Crippen molar-refractivity contribution in [1.82, 2.24) is 10.4 Å². The van der Waals surface area contributed by atoms with Crippen LogP contribution in [0.5, 0.6) is 0 Å². The van der Waals surface area contributed by atoms with E-state index in [-0.39, 0.29) is 0 Å². The van der Waals surface area contributed by atoms with Gasteiger partial charge in [0.15, 0.2) is 0 Å². The number of carboxylic acid groups (broad SMARTS) is 1. The van der Waals surface area contributed by atoms with Crippen molar-refractivity contribution in [2.24, 2.45) is 5.84 Å². The maximum Gasteiger partial charge on any atom is 0.490 e. The molecule has 1 rings (SSSR count). The minimum atomic E-state index is -5.08. The largest absolute Gasteiger partial charge is 0.490 e. The van der Waals surface area contributed by atoms with Crippen LogP contribution >= 0.6 is 0 Å². The van der Waals surface area contributed by atoms with Crippen molar-refractivity contribution in [2.75, 3.05) is 0 Å². The molecule has 4 N–H and O–H groups in total. The SMILES string of the molecule is NNCc1cccnc1.O=C(O)C(F)(F)F. The van der Waals surface area contributed by atoms with E-state index in [2.05, 4.69) is 10.4 Å². The van der Waals surface area contributed by atoms with Crippen molar-refractivity contribution >= 4 is 5.97 Å². The van der Waals surface area contributed by atoms with Crippen molar-refractivity contribution in [1.29, 1.82) is 0 Å². The molecule has 0 unspecified atom stereocenters. The number of halogens is 3. The third-order valence-corrected chi connectivity index (χ3v) is 1.27. The molecule has 90 valence electrons. The van der Waals surface area contributed by atoms with E-state index in [0.717, 1.165) is 5.56 Å². The second-order valence-electron chi connectivity index (χ2n) is 2.55. The molecule has 5 nitrogen and oxygen atoms in total. The monoisotopic (exact) mass is 237 g/mol. The zero-order valence-electron chi connectivity index (χ0n) is 8.03. The first-order valence-corrected chi connectivity index (χ1v) is 4.00. The summed E-state index contributed by atoms with van der Waals surface area (Å²) in [5, 5.41) is 7.12. The average Bonchev–Trinajstić information content (AvgIpc) is 2.19. The molecule has 0 fully saturated rings. The maximum atomic E-state index is 10.6. The summed E-state index contributed by atoms with van der Waals surface area (Å²) in [6.45, 7) is 0.674. The molecule has 16 heavy (non-hydrogen) atoms. The first kappa shape index (κ1) is 14.3. The number of hydrazine groups is 1. The van der Waals surface area contributed by atoms with Crippen LogP contribution in [0.15, 0.2) is 24.5 Å². The lowest BCUT2D eigenvalue weighted by Crippen LogP contribution is -2.21. The van der Waals surface area contributed by atoms with Gasteiger partial charge >= 0.3 is 12.1 Å². The number of carboxylic acids is 1. The number of carbonyl (C=O) groups is 1. The number of aromatic nitrogens is 1. The number of nitrogens with one attached hydrogen (secondary N) is 1.